The summed E-state index contributed by atoms with van der Waals surface area (Å²) in [6.07, 6.45) is 0.484. The average molecular weight is 373 g/mol. The van der Waals surface area contributed by atoms with Gasteiger partial charge in [0.25, 0.3) is 0 Å². The molecule has 2 N–H and O–H groups in total. The number of aromatic carboxylic acids is 1. The highest BCUT2D eigenvalue weighted by molar-refractivity contribution is 7.09. The summed E-state index contributed by atoms with van der Waals surface area (Å²) in [5, 5.41) is 14.6. The van der Waals surface area contributed by atoms with Gasteiger partial charge in [0.15, 0.2) is 5.69 Å². The highest BCUT2D eigenvalue weighted by atomic mass is 35.5. The van der Waals surface area contributed by atoms with Crippen molar-refractivity contribution in [1.82, 2.24) is 10.3 Å². The minimum atomic E-state index is -1.05. The number of nitrogens with zero attached hydrogens (tertiary/aromatic N) is 1. The van der Waals surface area contributed by atoms with Crippen molar-refractivity contribution in [3.8, 4) is 0 Å². The molecular formula is C15H14Cl2N2O3S. The number of hydrogen-bond acceptors (Lipinski definition) is 4. The predicted octanol–water partition coefficient (Wildman–Crippen LogP) is 3.61. The third-order valence-corrected chi connectivity index (χ3v) is 4.89. The lowest BCUT2D eigenvalue weighted by Gasteiger charge is -2.13. The Morgan fingerprint density at radius 1 is 1.35 bits per heavy atom. The van der Waals surface area contributed by atoms with Crippen LogP contribution in [0.3, 0.4) is 0 Å². The number of carbonyl (C=O) groups is 2. The van der Waals surface area contributed by atoms with Gasteiger partial charge >= 0.3 is 5.97 Å². The lowest BCUT2D eigenvalue weighted by atomic mass is 10.0. The number of rotatable bonds is 6. The van der Waals surface area contributed by atoms with Crippen LogP contribution in [-0.2, 0) is 11.2 Å². The Morgan fingerprint density at radius 3 is 2.70 bits per heavy atom. The van der Waals surface area contributed by atoms with Gasteiger partial charge in [0, 0.05) is 18.3 Å². The Morgan fingerprint density at radius 2 is 2.09 bits per heavy atom. The van der Waals surface area contributed by atoms with E-state index in [0.717, 1.165) is 5.56 Å². The van der Waals surface area contributed by atoms with E-state index in [1.165, 1.54) is 16.7 Å². The summed E-state index contributed by atoms with van der Waals surface area (Å²) in [4.78, 5) is 26.9. The molecular weight excluding hydrogens is 359 g/mol. The molecule has 0 aliphatic carbocycles. The number of halogens is 2. The smallest absolute Gasteiger partial charge is 0.355 e. The first kappa shape index (κ1) is 17.7. The fourth-order valence-corrected chi connectivity index (χ4v) is 2.98. The van der Waals surface area contributed by atoms with E-state index in [1.54, 1.807) is 25.1 Å². The fraction of sp³-hybridized carbons (Fsp3) is 0.267. The van der Waals surface area contributed by atoms with Gasteiger partial charge in [0.1, 0.15) is 0 Å². The second kappa shape index (κ2) is 7.77. The predicted molar refractivity (Wildman–Crippen MR) is 90.7 cm³/mol. The first-order valence-electron chi connectivity index (χ1n) is 6.79. The topological polar surface area (TPSA) is 79.3 Å². The molecule has 1 heterocycles. The SMILES string of the molecule is CC(C(=O)NCCc1nc(C(=O)O)cs1)c1ccc(Cl)c(Cl)c1. The maximum absolute atomic E-state index is 12.1. The van der Waals surface area contributed by atoms with Crippen LogP contribution in [0.1, 0.15) is 33.9 Å². The summed E-state index contributed by atoms with van der Waals surface area (Å²) in [5.41, 5.74) is 0.805. The van der Waals surface area contributed by atoms with E-state index in [0.29, 0.717) is 28.0 Å². The Balaban J connectivity index is 1.88. The van der Waals surface area contributed by atoms with Crippen LogP contribution >= 0.6 is 34.5 Å². The van der Waals surface area contributed by atoms with Crippen molar-refractivity contribution < 1.29 is 14.7 Å². The Hall–Kier alpha value is -1.63. The molecule has 8 heteroatoms. The van der Waals surface area contributed by atoms with Gasteiger partial charge in [-0.1, -0.05) is 29.3 Å². The molecule has 122 valence electrons. The molecule has 0 aliphatic heterocycles. The fourth-order valence-electron chi connectivity index (χ4n) is 1.90. The zero-order valence-electron chi connectivity index (χ0n) is 12.2. The van der Waals surface area contributed by atoms with Gasteiger partial charge in [-0.2, -0.15) is 0 Å². The third-order valence-electron chi connectivity index (χ3n) is 3.25. The second-order valence-corrected chi connectivity index (χ2v) is 6.62. The molecule has 23 heavy (non-hydrogen) atoms. The number of aromatic nitrogens is 1. The quantitative estimate of drug-likeness (QED) is 0.811. The second-order valence-electron chi connectivity index (χ2n) is 4.87. The number of benzene rings is 1. The van der Waals surface area contributed by atoms with Crippen molar-refractivity contribution in [2.24, 2.45) is 0 Å². The highest BCUT2D eigenvalue weighted by Crippen LogP contribution is 2.26. The molecule has 1 atom stereocenters. The molecule has 0 bridgehead atoms. The van der Waals surface area contributed by atoms with E-state index >= 15 is 0 Å². The molecule has 0 fully saturated rings. The zero-order chi connectivity index (χ0) is 17.0. The van der Waals surface area contributed by atoms with Crippen LogP contribution in [0.4, 0.5) is 0 Å². The largest absolute Gasteiger partial charge is 0.476 e. The van der Waals surface area contributed by atoms with E-state index < -0.39 is 5.97 Å². The summed E-state index contributed by atoms with van der Waals surface area (Å²) in [5.74, 6) is -1.56. The highest BCUT2D eigenvalue weighted by Gasteiger charge is 2.16. The van der Waals surface area contributed by atoms with Crippen LogP contribution in [0.15, 0.2) is 23.6 Å². The summed E-state index contributed by atoms with van der Waals surface area (Å²) in [6.45, 7) is 2.16. The molecule has 1 aromatic heterocycles. The standard InChI is InChI=1S/C15H14Cl2N2O3S/c1-8(9-2-3-10(16)11(17)6-9)14(20)18-5-4-13-19-12(7-23-13)15(21)22/h2-3,6-8H,4-5H2,1H3,(H,18,20)(H,21,22). The van der Waals surface area contributed by atoms with Crippen molar-refractivity contribution in [2.45, 2.75) is 19.3 Å². The number of hydrogen-bond donors (Lipinski definition) is 2. The monoisotopic (exact) mass is 372 g/mol. The van der Waals surface area contributed by atoms with Crippen LogP contribution in [0.5, 0.6) is 0 Å². The average Bonchev–Trinajstić information content (AvgIpc) is 2.98. The van der Waals surface area contributed by atoms with Crippen molar-refractivity contribution in [2.75, 3.05) is 6.54 Å². The van der Waals surface area contributed by atoms with E-state index in [-0.39, 0.29) is 17.5 Å². The van der Waals surface area contributed by atoms with Gasteiger partial charge in [-0.25, -0.2) is 9.78 Å². The lowest BCUT2D eigenvalue weighted by Crippen LogP contribution is -2.29. The number of carboxylic acids is 1. The zero-order valence-corrected chi connectivity index (χ0v) is 14.5. The molecule has 0 aliphatic rings. The molecule has 0 radical (unpaired) electrons. The molecule has 0 saturated heterocycles. The van der Waals surface area contributed by atoms with Crippen LogP contribution in [0, 0.1) is 0 Å². The van der Waals surface area contributed by atoms with Crippen molar-refractivity contribution in [3.63, 3.8) is 0 Å². The van der Waals surface area contributed by atoms with Gasteiger partial charge in [-0.3, -0.25) is 4.79 Å². The molecule has 2 aromatic rings. The minimum Gasteiger partial charge on any atom is -0.476 e. The van der Waals surface area contributed by atoms with Gasteiger partial charge in [-0.15, -0.1) is 11.3 Å². The Labute approximate surface area is 147 Å². The number of nitrogens with one attached hydrogen (secondary N) is 1. The first-order chi connectivity index (χ1) is 10.9. The molecule has 1 unspecified atom stereocenters. The number of amides is 1. The van der Waals surface area contributed by atoms with Crippen molar-refractivity contribution >= 4 is 46.4 Å². The molecule has 2 rings (SSSR count). The summed E-state index contributed by atoms with van der Waals surface area (Å²) in [7, 11) is 0. The molecule has 0 spiro atoms. The Kier molecular flexibility index (Phi) is 5.98. The normalized spacial score (nSPS) is 12.0. The Bertz CT molecular complexity index is 733. The molecule has 5 nitrogen and oxygen atoms in total. The van der Waals surface area contributed by atoms with Gasteiger partial charge in [-0.05, 0) is 24.6 Å². The number of carboxylic acid groups (broad SMARTS) is 1. The van der Waals surface area contributed by atoms with Gasteiger partial charge < -0.3 is 10.4 Å². The summed E-state index contributed by atoms with van der Waals surface area (Å²) < 4.78 is 0. The molecule has 1 amide bonds. The minimum absolute atomic E-state index is 0.0282. The number of carbonyl (C=O) groups excluding carboxylic acids is 1. The van der Waals surface area contributed by atoms with E-state index in [4.69, 9.17) is 28.3 Å². The molecule has 1 aromatic carbocycles. The van der Waals surface area contributed by atoms with E-state index in [1.807, 2.05) is 0 Å². The van der Waals surface area contributed by atoms with Crippen molar-refractivity contribution in [3.05, 3.63) is 49.9 Å². The third kappa shape index (κ3) is 4.67. The van der Waals surface area contributed by atoms with Crippen LogP contribution in [-0.4, -0.2) is 28.5 Å². The number of thiazole rings is 1. The van der Waals surface area contributed by atoms with Crippen LogP contribution < -0.4 is 5.32 Å². The first-order valence-corrected chi connectivity index (χ1v) is 8.42. The van der Waals surface area contributed by atoms with Crippen LogP contribution in [0.2, 0.25) is 10.0 Å². The van der Waals surface area contributed by atoms with E-state index in [9.17, 15) is 9.59 Å². The van der Waals surface area contributed by atoms with Gasteiger partial charge in [0.2, 0.25) is 5.91 Å². The van der Waals surface area contributed by atoms with Gasteiger partial charge in [0.05, 0.1) is 21.0 Å². The molecule has 0 saturated carbocycles. The maximum atomic E-state index is 12.1. The summed E-state index contributed by atoms with van der Waals surface area (Å²) in [6, 6.07) is 5.10. The van der Waals surface area contributed by atoms with Crippen LogP contribution in [0.25, 0.3) is 0 Å². The van der Waals surface area contributed by atoms with Crippen molar-refractivity contribution in [1.29, 1.82) is 0 Å². The summed E-state index contributed by atoms with van der Waals surface area (Å²) >= 11 is 13.1. The van der Waals surface area contributed by atoms with E-state index in [2.05, 4.69) is 10.3 Å². The maximum Gasteiger partial charge on any atom is 0.355 e. The lowest BCUT2D eigenvalue weighted by molar-refractivity contribution is -0.122.